The van der Waals surface area contributed by atoms with Gasteiger partial charge < -0.3 is 9.15 Å². The first kappa shape index (κ1) is 23.0. The number of halogens is 1. The number of nitrogens with zero attached hydrogens (tertiary/aromatic N) is 1. The van der Waals surface area contributed by atoms with Gasteiger partial charge in [-0.1, -0.05) is 30.3 Å². The third-order valence-corrected chi connectivity index (χ3v) is 6.27. The van der Waals surface area contributed by atoms with E-state index in [4.69, 9.17) is 9.15 Å². The number of benzene rings is 3. The molecule has 0 aliphatic rings. The van der Waals surface area contributed by atoms with Crippen molar-refractivity contribution in [1.29, 1.82) is 0 Å². The summed E-state index contributed by atoms with van der Waals surface area (Å²) >= 11 is 0. The number of carbonyl (C=O) groups excluding carboxylic acids is 1. The molecule has 0 saturated heterocycles. The highest BCUT2D eigenvalue weighted by molar-refractivity contribution is 7.92. The topological polar surface area (TPSA) is 108 Å². The first-order valence-electron chi connectivity index (χ1n) is 10.1. The van der Waals surface area contributed by atoms with Gasteiger partial charge >= 0.3 is 5.97 Å². The molecule has 34 heavy (non-hydrogen) atoms. The van der Waals surface area contributed by atoms with Gasteiger partial charge in [0.1, 0.15) is 23.8 Å². The van der Waals surface area contributed by atoms with Crippen molar-refractivity contribution < 1.29 is 31.8 Å². The molecular formula is C24H19FN2O6S. The van der Waals surface area contributed by atoms with Crippen molar-refractivity contribution in [2.75, 3.05) is 4.72 Å². The number of para-hydroxylation sites is 1. The number of hydrogen-bond donors (Lipinski definition) is 1. The Labute approximate surface area is 194 Å². The predicted molar refractivity (Wildman–Crippen MR) is 121 cm³/mol. The normalized spacial score (nSPS) is 11.1. The molecule has 8 nitrogen and oxygen atoms in total. The fourth-order valence-corrected chi connectivity index (χ4v) is 4.21. The fourth-order valence-electron chi connectivity index (χ4n) is 3.13. The quantitative estimate of drug-likeness (QED) is 0.373. The van der Waals surface area contributed by atoms with Gasteiger partial charge in [-0.2, -0.15) is 0 Å². The minimum absolute atomic E-state index is 0.0766. The van der Waals surface area contributed by atoms with E-state index in [1.807, 2.05) is 30.3 Å². The smallest absolute Gasteiger partial charge is 0.381 e. The highest BCUT2D eigenvalue weighted by Gasteiger charge is 2.20. The maximum Gasteiger partial charge on any atom is 0.381 e. The van der Waals surface area contributed by atoms with Gasteiger partial charge in [0.15, 0.2) is 0 Å². The minimum atomic E-state index is -4.06. The second-order valence-electron chi connectivity index (χ2n) is 7.16. The molecular weight excluding hydrogens is 463 g/mol. The molecule has 0 bridgehead atoms. The number of rotatable bonds is 8. The van der Waals surface area contributed by atoms with Gasteiger partial charge in [-0.3, -0.25) is 4.72 Å². The molecule has 1 aromatic heterocycles. The van der Waals surface area contributed by atoms with E-state index in [1.165, 1.54) is 48.5 Å². The van der Waals surface area contributed by atoms with E-state index in [0.717, 1.165) is 5.56 Å². The van der Waals surface area contributed by atoms with Crippen molar-refractivity contribution in [3.8, 4) is 17.2 Å². The summed E-state index contributed by atoms with van der Waals surface area (Å²) in [7, 11) is -4.06. The van der Waals surface area contributed by atoms with Crippen LogP contribution in [-0.4, -0.2) is 19.4 Å². The van der Waals surface area contributed by atoms with E-state index >= 15 is 0 Å². The number of carbonyl (C=O) groups is 1. The summed E-state index contributed by atoms with van der Waals surface area (Å²) in [6.07, 6.45) is 0. The molecule has 0 atom stereocenters. The van der Waals surface area contributed by atoms with Gasteiger partial charge in [0.25, 0.3) is 10.0 Å². The van der Waals surface area contributed by atoms with Crippen molar-refractivity contribution in [1.82, 2.24) is 4.98 Å². The van der Waals surface area contributed by atoms with Crippen LogP contribution in [0.5, 0.6) is 5.75 Å². The lowest BCUT2D eigenvalue weighted by Gasteiger charge is -2.11. The lowest BCUT2D eigenvalue weighted by Crippen LogP contribution is -2.15. The Balaban J connectivity index is 1.45. The third-order valence-electron chi connectivity index (χ3n) is 4.88. The summed E-state index contributed by atoms with van der Waals surface area (Å²) in [4.78, 5) is 19.1. The number of ether oxygens (including phenoxy) is 1. The van der Waals surface area contributed by atoms with Crippen molar-refractivity contribution in [3.63, 3.8) is 0 Å². The van der Waals surface area contributed by atoms with Gasteiger partial charge in [-0.15, -0.1) is 0 Å². The van der Waals surface area contributed by atoms with Crippen molar-refractivity contribution in [2.45, 2.75) is 18.4 Å². The van der Waals surface area contributed by atoms with Gasteiger partial charge in [-0.25, -0.2) is 23.1 Å². The van der Waals surface area contributed by atoms with E-state index in [0.29, 0.717) is 23.1 Å². The zero-order valence-corrected chi connectivity index (χ0v) is 18.7. The molecule has 0 aliphatic heterocycles. The second kappa shape index (κ2) is 9.75. The van der Waals surface area contributed by atoms with E-state index in [9.17, 15) is 17.7 Å². The molecule has 1 N–H and O–H groups in total. The van der Waals surface area contributed by atoms with Crippen LogP contribution in [-0.2, 0) is 21.6 Å². The van der Waals surface area contributed by atoms with Crippen LogP contribution in [0, 0.1) is 6.92 Å². The molecule has 0 saturated carbocycles. The van der Waals surface area contributed by atoms with Crippen LogP contribution in [0.4, 0.5) is 10.2 Å². The van der Waals surface area contributed by atoms with E-state index < -0.39 is 16.0 Å². The molecule has 0 radical (unpaired) electrons. The lowest BCUT2D eigenvalue weighted by atomic mass is 10.2. The first-order valence-corrected chi connectivity index (χ1v) is 11.5. The number of aromatic nitrogens is 1. The van der Waals surface area contributed by atoms with Gasteiger partial charge in [0.2, 0.25) is 5.89 Å². The van der Waals surface area contributed by atoms with Crippen molar-refractivity contribution >= 4 is 21.7 Å². The summed E-state index contributed by atoms with van der Waals surface area (Å²) in [5, 5.41) is 0. The summed E-state index contributed by atoms with van der Waals surface area (Å²) < 4.78 is 51.4. The number of nitrogens with one attached hydrogen (secondary N) is 1. The molecule has 0 amide bonds. The minimum Gasteiger partial charge on any atom is -0.487 e. The molecule has 0 spiro atoms. The molecule has 0 unspecified atom stereocenters. The molecule has 4 aromatic rings. The second-order valence-corrected chi connectivity index (χ2v) is 8.85. The van der Waals surface area contributed by atoms with Crippen LogP contribution < -0.4 is 9.46 Å². The van der Waals surface area contributed by atoms with Crippen molar-refractivity contribution in [3.05, 3.63) is 95.9 Å². The van der Waals surface area contributed by atoms with E-state index in [2.05, 4.69) is 14.6 Å². The third kappa shape index (κ3) is 5.07. The number of aryl methyl sites for hydroxylation is 1. The highest BCUT2D eigenvalue weighted by Crippen LogP contribution is 2.25. The maximum atomic E-state index is 12.7. The van der Waals surface area contributed by atoms with Gasteiger partial charge in [0.05, 0.1) is 16.1 Å². The van der Waals surface area contributed by atoms with Crippen LogP contribution in [0.2, 0.25) is 0 Å². The first-order chi connectivity index (χ1) is 16.4. The summed E-state index contributed by atoms with van der Waals surface area (Å²) in [6.45, 7) is 1.92. The Bertz CT molecular complexity index is 1400. The Kier molecular flexibility index (Phi) is 6.60. The highest BCUT2D eigenvalue weighted by atomic mass is 32.2. The average molecular weight is 482 g/mol. The molecule has 1 heterocycles. The van der Waals surface area contributed by atoms with Gasteiger partial charge in [0, 0.05) is 10.1 Å². The number of anilines is 1. The van der Waals surface area contributed by atoms with E-state index in [1.54, 1.807) is 6.92 Å². The van der Waals surface area contributed by atoms with E-state index in [-0.39, 0.29) is 22.8 Å². The Hall–Kier alpha value is -4.18. The number of oxazole rings is 1. The Morgan fingerprint density at radius 1 is 1.00 bits per heavy atom. The largest absolute Gasteiger partial charge is 0.487 e. The SMILES string of the molecule is Cc1oc(-c2ccccc2)nc1COc1ccc(S(=O)(=O)Nc2ccccc2C(=O)OF)cc1. The van der Waals surface area contributed by atoms with Crippen LogP contribution >= 0.6 is 0 Å². The molecule has 174 valence electrons. The zero-order chi connectivity index (χ0) is 24.1. The Morgan fingerprint density at radius 2 is 1.68 bits per heavy atom. The summed E-state index contributed by atoms with van der Waals surface area (Å²) in [6, 6.07) is 20.7. The monoisotopic (exact) mass is 482 g/mol. The number of hydrogen-bond acceptors (Lipinski definition) is 7. The standard InChI is InChI=1S/C24H19FN2O6S/c1-16-22(26-23(32-16)17-7-3-2-4-8-17)15-31-18-11-13-19(14-12-18)34(29,30)27-21-10-6-5-9-20(21)24(28)33-25/h2-14,27H,15H2,1H3. The molecule has 10 heteroatoms. The summed E-state index contributed by atoms with van der Waals surface area (Å²) in [5.74, 6) is 0.221. The van der Waals surface area contributed by atoms with Gasteiger partial charge in [-0.05, 0) is 55.5 Å². The number of sulfonamides is 1. The summed E-state index contributed by atoms with van der Waals surface area (Å²) in [5.41, 5.74) is 1.10. The van der Waals surface area contributed by atoms with Crippen LogP contribution in [0.1, 0.15) is 21.8 Å². The van der Waals surface area contributed by atoms with Crippen LogP contribution in [0.3, 0.4) is 0 Å². The molecule has 0 fully saturated rings. The lowest BCUT2D eigenvalue weighted by molar-refractivity contribution is -0.0787. The Morgan fingerprint density at radius 3 is 2.38 bits per heavy atom. The zero-order valence-electron chi connectivity index (χ0n) is 17.9. The maximum absolute atomic E-state index is 12.7. The van der Waals surface area contributed by atoms with Crippen molar-refractivity contribution in [2.24, 2.45) is 0 Å². The fraction of sp³-hybridized carbons (Fsp3) is 0.0833. The molecule has 3 aromatic carbocycles. The molecule has 0 aliphatic carbocycles. The predicted octanol–water partition coefficient (Wildman–Crippen LogP) is 5.07. The van der Waals surface area contributed by atoms with Crippen LogP contribution in [0.15, 0.2) is 88.2 Å². The average Bonchev–Trinajstić information content (AvgIpc) is 3.23. The van der Waals surface area contributed by atoms with Crippen LogP contribution in [0.25, 0.3) is 11.5 Å². The molecule has 4 rings (SSSR count).